The summed E-state index contributed by atoms with van der Waals surface area (Å²) in [6, 6.07) is 10.7. The van der Waals surface area contributed by atoms with Crippen molar-refractivity contribution in [2.75, 3.05) is 0 Å². The highest BCUT2D eigenvalue weighted by Crippen LogP contribution is 2.42. The van der Waals surface area contributed by atoms with Crippen LogP contribution in [-0.2, 0) is 4.79 Å². The van der Waals surface area contributed by atoms with Crippen LogP contribution in [0, 0.1) is 11.8 Å². The average Bonchev–Trinajstić information content (AvgIpc) is 3.17. The number of carbonyl (C=O) groups is 1. The van der Waals surface area contributed by atoms with Crippen LogP contribution in [0.15, 0.2) is 30.3 Å². The summed E-state index contributed by atoms with van der Waals surface area (Å²) in [7, 11) is 0. The minimum absolute atomic E-state index is 0.362. The zero-order chi connectivity index (χ0) is 11.7. The second kappa shape index (κ2) is 4.64. The van der Waals surface area contributed by atoms with Gasteiger partial charge in [0.2, 0.25) is 0 Å². The predicted octanol–water partition coefficient (Wildman–Crippen LogP) is 3.94. The zero-order valence-corrected chi connectivity index (χ0v) is 10.3. The molecule has 0 aromatic heterocycles. The maximum Gasteiger partial charge on any atom is 0.136 e. The van der Waals surface area contributed by atoms with Crippen molar-refractivity contribution in [1.29, 1.82) is 0 Å². The average molecular weight is 228 g/mol. The first-order chi connectivity index (χ1) is 8.33. The molecule has 0 spiro atoms. The van der Waals surface area contributed by atoms with E-state index in [2.05, 4.69) is 30.3 Å². The van der Waals surface area contributed by atoms with E-state index in [-0.39, 0.29) is 0 Å². The topological polar surface area (TPSA) is 17.1 Å². The summed E-state index contributed by atoms with van der Waals surface area (Å²) < 4.78 is 0. The molecular weight excluding hydrogens is 208 g/mol. The first-order valence-electron chi connectivity index (χ1n) is 6.90. The smallest absolute Gasteiger partial charge is 0.136 e. The lowest BCUT2D eigenvalue weighted by atomic mass is 9.75. The standard InChI is InChI=1S/C16H20O/c17-16-9-8-14(13-4-2-1-3-5-13)11-15(16)10-12-6-7-12/h1-5,12,14-15H,6-11H2. The first kappa shape index (κ1) is 11.0. The number of hydrogen-bond donors (Lipinski definition) is 0. The van der Waals surface area contributed by atoms with Crippen molar-refractivity contribution in [2.24, 2.45) is 11.8 Å². The van der Waals surface area contributed by atoms with Crippen LogP contribution in [0.5, 0.6) is 0 Å². The molecule has 2 unspecified atom stereocenters. The van der Waals surface area contributed by atoms with Gasteiger partial charge in [-0.25, -0.2) is 0 Å². The van der Waals surface area contributed by atoms with Crippen molar-refractivity contribution in [3.63, 3.8) is 0 Å². The molecule has 1 aromatic carbocycles. The summed E-state index contributed by atoms with van der Waals surface area (Å²) in [6.07, 6.45) is 6.85. The van der Waals surface area contributed by atoms with E-state index < -0.39 is 0 Å². The summed E-state index contributed by atoms with van der Waals surface area (Å²) in [5, 5.41) is 0. The van der Waals surface area contributed by atoms with Gasteiger partial charge in [-0.05, 0) is 36.7 Å². The number of Topliss-reactive ketones (excluding diaryl/α,β-unsaturated/α-hetero) is 1. The molecule has 17 heavy (non-hydrogen) atoms. The Labute approximate surface area is 103 Å². The molecule has 0 aliphatic heterocycles. The zero-order valence-electron chi connectivity index (χ0n) is 10.3. The third-order valence-electron chi connectivity index (χ3n) is 4.35. The highest BCUT2D eigenvalue weighted by Gasteiger charge is 2.34. The van der Waals surface area contributed by atoms with Gasteiger partial charge >= 0.3 is 0 Å². The van der Waals surface area contributed by atoms with E-state index in [1.807, 2.05) is 0 Å². The minimum Gasteiger partial charge on any atom is -0.299 e. The fourth-order valence-corrected chi connectivity index (χ4v) is 3.12. The number of carbonyl (C=O) groups excluding carboxylic acids is 1. The van der Waals surface area contributed by atoms with Crippen LogP contribution in [0.2, 0.25) is 0 Å². The summed E-state index contributed by atoms with van der Waals surface area (Å²) in [6.45, 7) is 0. The van der Waals surface area contributed by atoms with Crippen molar-refractivity contribution in [3.05, 3.63) is 35.9 Å². The van der Waals surface area contributed by atoms with Crippen molar-refractivity contribution in [1.82, 2.24) is 0 Å². The van der Waals surface area contributed by atoms with Crippen molar-refractivity contribution in [3.8, 4) is 0 Å². The maximum atomic E-state index is 11.9. The van der Waals surface area contributed by atoms with Gasteiger partial charge in [-0.15, -0.1) is 0 Å². The summed E-state index contributed by atoms with van der Waals surface area (Å²) in [4.78, 5) is 11.9. The van der Waals surface area contributed by atoms with E-state index in [0.717, 1.165) is 25.2 Å². The fraction of sp³-hybridized carbons (Fsp3) is 0.562. The maximum absolute atomic E-state index is 11.9. The molecule has 0 radical (unpaired) electrons. The Morgan fingerprint density at radius 1 is 1.06 bits per heavy atom. The molecule has 90 valence electrons. The quantitative estimate of drug-likeness (QED) is 0.766. The van der Waals surface area contributed by atoms with Crippen LogP contribution < -0.4 is 0 Å². The third-order valence-corrected chi connectivity index (χ3v) is 4.35. The molecule has 2 saturated carbocycles. The Kier molecular flexibility index (Phi) is 3.00. The van der Waals surface area contributed by atoms with E-state index in [4.69, 9.17) is 0 Å². The Bertz CT molecular complexity index is 391. The van der Waals surface area contributed by atoms with E-state index in [0.29, 0.717) is 17.6 Å². The summed E-state index contributed by atoms with van der Waals surface area (Å²) in [5.41, 5.74) is 1.43. The van der Waals surface area contributed by atoms with E-state index in [1.165, 1.54) is 24.8 Å². The fourth-order valence-electron chi connectivity index (χ4n) is 3.12. The van der Waals surface area contributed by atoms with Gasteiger partial charge in [-0.3, -0.25) is 4.79 Å². The van der Waals surface area contributed by atoms with Crippen LogP contribution in [0.1, 0.15) is 50.0 Å². The van der Waals surface area contributed by atoms with Gasteiger partial charge in [0.25, 0.3) is 0 Å². The van der Waals surface area contributed by atoms with Crippen LogP contribution >= 0.6 is 0 Å². The van der Waals surface area contributed by atoms with Crippen LogP contribution in [0.4, 0.5) is 0 Å². The minimum atomic E-state index is 0.362. The molecule has 0 bridgehead atoms. The lowest BCUT2D eigenvalue weighted by Crippen LogP contribution is -2.24. The van der Waals surface area contributed by atoms with Crippen LogP contribution in [-0.4, -0.2) is 5.78 Å². The van der Waals surface area contributed by atoms with Gasteiger partial charge in [0, 0.05) is 12.3 Å². The van der Waals surface area contributed by atoms with E-state index in [9.17, 15) is 4.79 Å². The molecule has 0 saturated heterocycles. The van der Waals surface area contributed by atoms with Crippen molar-refractivity contribution in [2.45, 2.75) is 44.4 Å². The van der Waals surface area contributed by atoms with Crippen LogP contribution in [0.3, 0.4) is 0 Å². The molecule has 0 N–H and O–H groups in total. The Morgan fingerprint density at radius 2 is 1.82 bits per heavy atom. The molecule has 1 heteroatoms. The second-order valence-corrected chi connectivity index (χ2v) is 5.72. The molecule has 2 aliphatic carbocycles. The van der Waals surface area contributed by atoms with Gasteiger partial charge in [0.1, 0.15) is 5.78 Å². The van der Waals surface area contributed by atoms with Gasteiger partial charge in [0.05, 0.1) is 0 Å². The van der Waals surface area contributed by atoms with Gasteiger partial charge in [-0.2, -0.15) is 0 Å². The largest absolute Gasteiger partial charge is 0.299 e. The van der Waals surface area contributed by atoms with E-state index in [1.54, 1.807) is 0 Å². The normalized spacial score (nSPS) is 29.3. The van der Waals surface area contributed by atoms with Crippen molar-refractivity contribution >= 4 is 5.78 Å². The molecule has 1 nitrogen and oxygen atoms in total. The van der Waals surface area contributed by atoms with E-state index >= 15 is 0 Å². The second-order valence-electron chi connectivity index (χ2n) is 5.72. The Balaban J connectivity index is 1.68. The molecule has 1 aromatic rings. The monoisotopic (exact) mass is 228 g/mol. The van der Waals surface area contributed by atoms with Gasteiger partial charge in [0.15, 0.2) is 0 Å². The van der Waals surface area contributed by atoms with Gasteiger partial charge < -0.3 is 0 Å². The number of hydrogen-bond acceptors (Lipinski definition) is 1. The molecule has 3 rings (SSSR count). The molecule has 0 heterocycles. The lowest BCUT2D eigenvalue weighted by molar-refractivity contribution is -0.125. The Hall–Kier alpha value is -1.11. The predicted molar refractivity (Wildman–Crippen MR) is 68.9 cm³/mol. The van der Waals surface area contributed by atoms with Gasteiger partial charge in [-0.1, -0.05) is 43.2 Å². The third kappa shape index (κ3) is 2.59. The summed E-state index contributed by atoms with van der Waals surface area (Å²) in [5.74, 6) is 2.39. The summed E-state index contributed by atoms with van der Waals surface area (Å²) >= 11 is 0. The number of benzene rings is 1. The molecule has 2 fully saturated rings. The highest BCUT2D eigenvalue weighted by atomic mass is 16.1. The Morgan fingerprint density at radius 3 is 2.53 bits per heavy atom. The van der Waals surface area contributed by atoms with Crippen LogP contribution in [0.25, 0.3) is 0 Å². The lowest BCUT2D eigenvalue weighted by Gasteiger charge is -2.28. The number of ketones is 1. The highest BCUT2D eigenvalue weighted by molar-refractivity contribution is 5.82. The number of rotatable bonds is 3. The SMILES string of the molecule is O=C1CCC(c2ccccc2)CC1CC1CC1. The molecular formula is C16H20O. The first-order valence-corrected chi connectivity index (χ1v) is 6.90. The molecule has 0 amide bonds. The van der Waals surface area contributed by atoms with Crippen molar-refractivity contribution < 1.29 is 4.79 Å². The molecule has 2 atom stereocenters. The molecule has 2 aliphatic rings.